The number of aromatic nitrogens is 2. The first-order valence-electron chi connectivity index (χ1n) is 11.0. The third kappa shape index (κ3) is 4.63. The molecule has 6 nitrogen and oxygen atoms in total. The smallest absolute Gasteiger partial charge is 0.233 e. The van der Waals surface area contributed by atoms with Crippen LogP contribution in [-0.2, 0) is 14.6 Å². The van der Waals surface area contributed by atoms with Crippen molar-refractivity contribution in [2.24, 2.45) is 5.92 Å². The lowest BCUT2D eigenvalue weighted by molar-refractivity contribution is -0.118. The molecule has 0 radical (unpaired) electrons. The van der Waals surface area contributed by atoms with E-state index in [2.05, 4.69) is 15.3 Å². The Morgan fingerprint density at radius 1 is 1.12 bits per heavy atom. The molecule has 2 aromatic heterocycles. The summed E-state index contributed by atoms with van der Waals surface area (Å²) in [6, 6.07) is 9.87. The van der Waals surface area contributed by atoms with Crippen molar-refractivity contribution >= 4 is 42.6 Å². The van der Waals surface area contributed by atoms with Crippen LogP contribution in [0, 0.1) is 5.92 Å². The number of hydrogen-bond acceptors (Lipinski definition) is 6. The summed E-state index contributed by atoms with van der Waals surface area (Å²) in [6.45, 7) is 0. The van der Waals surface area contributed by atoms with Crippen molar-refractivity contribution < 1.29 is 22.0 Å². The largest absolute Gasteiger partial charge is 0.301 e. The Morgan fingerprint density at radius 2 is 1.82 bits per heavy atom. The van der Waals surface area contributed by atoms with Gasteiger partial charge < -0.3 is 5.32 Å². The number of nitrogens with zero attached hydrogens (tertiary/aromatic N) is 2. The predicted molar refractivity (Wildman–Crippen MR) is 123 cm³/mol. The van der Waals surface area contributed by atoms with Gasteiger partial charge in [0.25, 0.3) is 0 Å². The highest BCUT2D eigenvalue weighted by molar-refractivity contribution is 7.92. The normalized spacial score (nSPS) is 24.1. The number of carbonyl (C=O) groups excluding carboxylic acids is 1. The molecule has 2 aliphatic rings. The number of benzene rings is 1. The Morgan fingerprint density at radius 3 is 2.45 bits per heavy atom. The van der Waals surface area contributed by atoms with Crippen molar-refractivity contribution in [1.82, 2.24) is 9.97 Å². The minimum Gasteiger partial charge on any atom is -0.301 e. The van der Waals surface area contributed by atoms with E-state index >= 15 is 0 Å². The van der Waals surface area contributed by atoms with Gasteiger partial charge in [0.1, 0.15) is 22.7 Å². The van der Waals surface area contributed by atoms with E-state index in [9.17, 15) is 22.0 Å². The molecule has 1 aromatic carbocycles. The van der Waals surface area contributed by atoms with E-state index < -0.39 is 28.1 Å². The van der Waals surface area contributed by atoms with E-state index in [1.165, 1.54) is 23.5 Å². The Hall–Kier alpha value is -2.46. The molecular weight excluding hydrogens is 468 g/mol. The number of fused-ring (bicyclic) bond motifs is 1. The van der Waals surface area contributed by atoms with Gasteiger partial charge in [0.15, 0.2) is 15.0 Å². The molecule has 3 aromatic rings. The van der Waals surface area contributed by atoms with Crippen LogP contribution >= 0.6 is 11.3 Å². The molecule has 1 N–H and O–H groups in total. The van der Waals surface area contributed by atoms with Gasteiger partial charge >= 0.3 is 0 Å². The SMILES string of the molecule is O=C(Nc1nc2cccnc2s1)[C@H](CC1CC(F)C(F)C1)c1ccc(S(=O)(=O)C2CC2)cc1. The van der Waals surface area contributed by atoms with Crippen molar-refractivity contribution in [3.8, 4) is 0 Å². The quantitative estimate of drug-likeness (QED) is 0.512. The number of carbonyl (C=O) groups is 1. The van der Waals surface area contributed by atoms with Crippen LogP contribution in [0.5, 0.6) is 0 Å². The molecule has 0 spiro atoms. The molecule has 2 aliphatic carbocycles. The number of rotatable bonds is 7. The van der Waals surface area contributed by atoms with Crippen LogP contribution in [0.4, 0.5) is 13.9 Å². The molecule has 5 rings (SSSR count). The molecule has 1 amide bonds. The maximum Gasteiger partial charge on any atom is 0.233 e. The van der Waals surface area contributed by atoms with Gasteiger partial charge in [-0.3, -0.25) is 4.79 Å². The summed E-state index contributed by atoms with van der Waals surface area (Å²) in [4.78, 5) is 22.8. The van der Waals surface area contributed by atoms with Gasteiger partial charge in [-0.1, -0.05) is 23.5 Å². The Balaban J connectivity index is 1.40. The lowest BCUT2D eigenvalue weighted by Gasteiger charge is -2.20. The van der Waals surface area contributed by atoms with Crippen molar-refractivity contribution in [2.45, 2.75) is 60.5 Å². The Labute approximate surface area is 194 Å². The van der Waals surface area contributed by atoms with E-state index in [1.807, 2.05) is 0 Å². The summed E-state index contributed by atoms with van der Waals surface area (Å²) in [5, 5.41) is 2.89. The van der Waals surface area contributed by atoms with Crippen LogP contribution in [0.25, 0.3) is 10.3 Å². The van der Waals surface area contributed by atoms with Crippen LogP contribution < -0.4 is 5.32 Å². The predicted octanol–water partition coefficient (Wildman–Crippen LogP) is 4.83. The molecule has 2 saturated carbocycles. The molecule has 0 aliphatic heterocycles. The average Bonchev–Trinajstić information content (AvgIpc) is 3.51. The lowest BCUT2D eigenvalue weighted by atomic mass is 9.87. The molecule has 3 atom stereocenters. The number of halogens is 2. The van der Waals surface area contributed by atoms with Gasteiger partial charge in [0.2, 0.25) is 5.91 Å². The van der Waals surface area contributed by atoms with Gasteiger partial charge in [0, 0.05) is 6.20 Å². The van der Waals surface area contributed by atoms with Gasteiger partial charge in [-0.2, -0.15) is 0 Å². The molecule has 2 fully saturated rings. The number of nitrogens with one attached hydrogen (secondary N) is 1. The number of thiazole rings is 1. The highest BCUT2D eigenvalue weighted by Gasteiger charge is 2.38. The standard InChI is InChI=1S/C23H23F2N3O3S2/c24-18-11-13(12-19(18)25)10-17(14-3-5-15(6-4-14)33(30,31)16-7-8-16)21(29)28-23-27-20-2-1-9-26-22(20)32-23/h1-6,9,13,16-19H,7-8,10-12H2,(H,27,28,29)/t13?,17-,18?,19?/m1/s1. The van der Waals surface area contributed by atoms with Crippen molar-refractivity contribution in [2.75, 3.05) is 5.32 Å². The minimum atomic E-state index is -3.34. The summed E-state index contributed by atoms with van der Waals surface area (Å²) in [6.07, 6.45) is 0.372. The number of sulfone groups is 1. The van der Waals surface area contributed by atoms with Gasteiger partial charge in [0.05, 0.1) is 16.1 Å². The van der Waals surface area contributed by atoms with Gasteiger partial charge in [-0.25, -0.2) is 27.2 Å². The first kappa shape index (κ1) is 22.3. The number of amides is 1. The summed E-state index contributed by atoms with van der Waals surface area (Å²) in [7, 11) is -3.34. The third-order valence-electron chi connectivity index (χ3n) is 6.37. The number of anilines is 1. The molecule has 0 bridgehead atoms. The van der Waals surface area contributed by atoms with Crippen molar-refractivity contribution in [3.05, 3.63) is 48.2 Å². The second-order valence-corrected chi connectivity index (χ2v) is 12.0. The molecule has 2 unspecified atom stereocenters. The maximum atomic E-state index is 13.8. The van der Waals surface area contributed by atoms with Gasteiger partial charge in [-0.05, 0) is 67.9 Å². The second kappa shape index (κ2) is 8.72. The van der Waals surface area contributed by atoms with E-state index in [0.717, 1.165) is 0 Å². The highest BCUT2D eigenvalue weighted by Crippen LogP contribution is 2.39. The summed E-state index contributed by atoms with van der Waals surface area (Å²) in [5.41, 5.74) is 1.28. The fourth-order valence-corrected chi connectivity index (χ4v) is 6.89. The Kier molecular flexibility index (Phi) is 5.90. The molecule has 33 heavy (non-hydrogen) atoms. The minimum absolute atomic E-state index is 0.0736. The molecule has 0 saturated heterocycles. The van der Waals surface area contributed by atoms with Crippen LogP contribution in [0.1, 0.15) is 43.6 Å². The summed E-state index contributed by atoms with van der Waals surface area (Å²) >= 11 is 1.24. The molecule has 2 heterocycles. The second-order valence-electron chi connectivity index (χ2n) is 8.81. The summed E-state index contributed by atoms with van der Waals surface area (Å²) in [5.74, 6) is -1.31. The van der Waals surface area contributed by atoms with Gasteiger partial charge in [-0.15, -0.1) is 0 Å². The molecule has 174 valence electrons. The lowest BCUT2D eigenvalue weighted by Crippen LogP contribution is -2.23. The zero-order valence-corrected chi connectivity index (χ0v) is 19.3. The van der Waals surface area contributed by atoms with Crippen LogP contribution in [0.3, 0.4) is 0 Å². The number of hydrogen-bond donors (Lipinski definition) is 1. The zero-order valence-electron chi connectivity index (χ0n) is 17.7. The molecular formula is C23H23F2N3O3S2. The summed E-state index contributed by atoms with van der Waals surface area (Å²) < 4.78 is 52.6. The fourth-order valence-electron chi connectivity index (χ4n) is 4.43. The van der Waals surface area contributed by atoms with Crippen molar-refractivity contribution in [3.63, 3.8) is 0 Å². The Bertz CT molecular complexity index is 1230. The van der Waals surface area contributed by atoms with E-state index in [1.54, 1.807) is 30.5 Å². The first-order valence-corrected chi connectivity index (χ1v) is 13.3. The van der Waals surface area contributed by atoms with Crippen LogP contribution in [-0.4, -0.2) is 41.9 Å². The number of alkyl halides is 2. The first-order chi connectivity index (χ1) is 15.8. The molecule has 10 heteroatoms. The fraction of sp³-hybridized carbons (Fsp3) is 0.435. The van der Waals surface area contributed by atoms with E-state index in [0.29, 0.717) is 33.9 Å². The zero-order chi connectivity index (χ0) is 23.2. The monoisotopic (exact) mass is 491 g/mol. The number of pyridine rings is 1. The van der Waals surface area contributed by atoms with Crippen LogP contribution in [0.2, 0.25) is 0 Å². The topological polar surface area (TPSA) is 89.0 Å². The van der Waals surface area contributed by atoms with E-state index in [-0.39, 0.29) is 41.2 Å². The average molecular weight is 492 g/mol. The maximum absolute atomic E-state index is 13.8. The van der Waals surface area contributed by atoms with Crippen molar-refractivity contribution in [1.29, 1.82) is 0 Å². The highest BCUT2D eigenvalue weighted by atomic mass is 32.2. The van der Waals surface area contributed by atoms with Crippen LogP contribution in [0.15, 0.2) is 47.5 Å². The van der Waals surface area contributed by atoms with E-state index in [4.69, 9.17) is 0 Å². The third-order valence-corrected chi connectivity index (χ3v) is 9.54.